The zero-order valence-corrected chi connectivity index (χ0v) is 19.5. The van der Waals surface area contributed by atoms with Crippen LogP contribution in [0.1, 0.15) is 18.7 Å². The number of ether oxygens (including phenoxy) is 1. The molecule has 1 aromatic carbocycles. The van der Waals surface area contributed by atoms with Crippen LogP contribution < -0.4 is 10.9 Å². The molecule has 1 saturated heterocycles. The van der Waals surface area contributed by atoms with Crippen molar-refractivity contribution in [1.29, 1.82) is 0 Å². The number of halogens is 1. The van der Waals surface area contributed by atoms with Crippen LogP contribution in [0.5, 0.6) is 0 Å². The number of rotatable bonds is 7. The Kier molecular flexibility index (Phi) is 6.24. The van der Waals surface area contributed by atoms with Gasteiger partial charge in [-0.1, -0.05) is 46.8 Å². The minimum Gasteiger partial charge on any atom is -0.376 e. The van der Waals surface area contributed by atoms with Gasteiger partial charge in [0.15, 0.2) is 4.34 Å². The second-order valence-corrected chi connectivity index (χ2v) is 10.7. The van der Waals surface area contributed by atoms with Crippen LogP contribution >= 0.6 is 46.0 Å². The number of hydrogen-bond donors (Lipinski definition) is 2. The van der Waals surface area contributed by atoms with Crippen molar-refractivity contribution < 1.29 is 4.74 Å². The smallest absolute Gasteiger partial charge is 0.268 e. The van der Waals surface area contributed by atoms with E-state index < -0.39 is 0 Å². The Morgan fingerprint density at radius 2 is 2.13 bits per heavy atom. The number of aromatic amines is 1. The molecular weight excluding hydrogens is 474 g/mol. The number of fused-ring (bicyclic) bond motifs is 1. The lowest BCUT2D eigenvalue weighted by atomic mass is 10.2. The summed E-state index contributed by atoms with van der Waals surface area (Å²) in [5.74, 6) is 1.13. The van der Waals surface area contributed by atoms with E-state index in [2.05, 4.69) is 25.5 Å². The highest BCUT2D eigenvalue weighted by atomic mass is 35.5. The molecule has 2 N–H and O–H groups in total. The zero-order chi connectivity index (χ0) is 21.2. The maximum Gasteiger partial charge on any atom is 0.268 e. The first-order valence-corrected chi connectivity index (χ1v) is 12.7. The minimum atomic E-state index is -0.123. The van der Waals surface area contributed by atoms with Crippen molar-refractivity contribution in [2.24, 2.45) is 0 Å². The Labute approximate surface area is 195 Å². The van der Waals surface area contributed by atoms with E-state index in [1.165, 1.54) is 34.4 Å². The fraction of sp³-hybridized carbons (Fsp3) is 0.300. The molecule has 7 nitrogen and oxygen atoms in total. The number of anilines is 1. The fourth-order valence-electron chi connectivity index (χ4n) is 3.29. The average molecular weight is 492 g/mol. The van der Waals surface area contributed by atoms with E-state index in [4.69, 9.17) is 16.3 Å². The molecule has 4 aromatic rings. The fourth-order valence-corrected chi connectivity index (χ4v) is 6.04. The number of aromatic nitrogens is 4. The van der Waals surface area contributed by atoms with Crippen LogP contribution in [0.2, 0.25) is 5.02 Å². The molecule has 1 fully saturated rings. The molecule has 1 aliphatic rings. The van der Waals surface area contributed by atoms with Crippen LogP contribution in [0.3, 0.4) is 0 Å². The lowest BCUT2D eigenvalue weighted by Gasteiger charge is -2.08. The molecule has 1 aliphatic heterocycles. The molecule has 5 rings (SSSR count). The van der Waals surface area contributed by atoms with Gasteiger partial charge in [-0.2, -0.15) is 0 Å². The quantitative estimate of drug-likeness (QED) is 0.350. The Hall–Kier alpha value is -1.98. The summed E-state index contributed by atoms with van der Waals surface area (Å²) >= 11 is 10.4. The van der Waals surface area contributed by atoms with Crippen molar-refractivity contribution in [2.45, 2.75) is 29.0 Å². The largest absolute Gasteiger partial charge is 0.376 e. The summed E-state index contributed by atoms with van der Waals surface area (Å²) in [6.45, 7) is 1.59. The molecule has 0 radical (unpaired) electrons. The third-order valence-electron chi connectivity index (χ3n) is 4.80. The Morgan fingerprint density at radius 1 is 1.26 bits per heavy atom. The van der Waals surface area contributed by atoms with E-state index in [1.54, 1.807) is 0 Å². The Morgan fingerprint density at radius 3 is 2.94 bits per heavy atom. The lowest BCUT2D eigenvalue weighted by Crippen LogP contribution is -2.18. The van der Waals surface area contributed by atoms with Gasteiger partial charge in [-0.15, -0.1) is 21.5 Å². The molecule has 31 heavy (non-hydrogen) atoms. The van der Waals surface area contributed by atoms with Gasteiger partial charge in [-0.3, -0.25) is 4.79 Å². The van der Waals surface area contributed by atoms with E-state index in [9.17, 15) is 4.79 Å². The first kappa shape index (κ1) is 20.9. The SMILES string of the molecule is O=c1[nH]c(CSc2nnc(NC[C@H]3CCCO3)s2)nc2cc(-c3ccc(Cl)cc3)sc12. The standard InChI is InChI=1S/C20H18ClN5O2S3/c21-12-5-3-11(4-6-12)15-8-14-17(30-15)18(27)24-16(23-14)10-29-20-26-25-19(31-20)22-9-13-2-1-7-28-13/h3-6,8,13H,1-2,7,9-10H2,(H,22,25)(H,23,24,27)/t13-/m1/s1. The number of H-pyrrole nitrogens is 1. The number of benzene rings is 1. The molecule has 11 heteroatoms. The summed E-state index contributed by atoms with van der Waals surface area (Å²) in [7, 11) is 0. The second kappa shape index (κ2) is 9.25. The van der Waals surface area contributed by atoms with E-state index in [0.717, 1.165) is 45.9 Å². The van der Waals surface area contributed by atoms with Gasteiger partial charge in [0.2, 0.25) is 5.13 Å². The third-order valence-corrected chi connectivity index (χ3v) is 8.25. The van der Waals surface area contributed by atoms with Gasteiger partial charge in [0.25, 0.3) is 5.56 Å². The number of hydrogen-bond acceptors (Lipinski definition) is 9. The van der Waals surface area contributed by atoms with Crippen molar-refractivity contribution in [2.75, 3.05) is 18.5 Å². The molecule has 4 heterocycles. The first-order chi connectivity index (χ1) is 15.1. The molecule has 160 valence electrons. The molecular formula is C20H18ClN5O2S3. The van der Waals surface area contributed by atoms with E-state index >= 15 is 0 Å². The molecule has 1 atom stereocenters. The molecule has 3 aromatic heterocycles. The van der Waals surface area contributed by atoms with Crippen LogP contribution in [0.25, 0.3) is 20.7 Å². The van der Waals surface area contributed by atoms with Crippen molar-refractivity contribution >= 4 is 61.4 Å². The van der Waals surface area contributed by atoms with Gasteiger partial charge >= 0.3 is 0 Å². The zero-order valence-electron chi connectivity index (χ0n) is 16.3. The van der Waals surface area contributed by atoms with Crippen molar-refractivity contribution in [3.63, 3.8) is 0 Å². The van der Waals surface area contributed by atoms with Crippen LogP contribution in [-0.2, 0) is 10.5 Å². The normalized spacial score (nSPS) is 16.2. The average Bonchev–Trinajstić information content (AvgIpc) is 3.52. The van der Waals surface area contributed by atoms with Gasteiger partial charge in [-0.25, -0.2) is 4.98 Å². The third kappa shape index (κ3) is 4.93. The maximum absolute atomic E-state index is 12.6. The summed E-state index contributed by atoms with van der Waals surface area (Å²) in [6, 6.07) is 9.51. The van der Waals surface area contributed by atoms with Crippen molar-refractivity contribution in [3.05, 3.63) is 51.5 Å². The van der Waals surface area contributed by atoms with Crippen molar-refractivity contribution in [3.8, 4) is 10.4 Å². The second-order valence-electron chi connectivity index (χ2n) is 7.02. The number of nitrogens with zero attached hydrogens (tertiary/aromatic N) is 3. The van der Waals surface area contributed by atoms with Crippen LogP contribution in [-0.4, -0.2) is 39.4 Å². The van der Waals surface area contributed by atoms with Crippen LogP contribution in [0.15, 0.2) is 39.5 Å². The van der Waals surface area contributed by atoms with Crippen LogP contribution in [0.4, 0.5) is 5.13 Å². The number of thioether (sulfide) groups is 1. The molecule has 0 amide bonds. The lowest BCUT2D eigenvalue weighted by molar-refractivity contribution is 0.120. The molecule has 0 spiro atoms. The van der Waals surface area contributed by atoms with Gasteiger partial charge < -0.3 is 15.0 Å². The highest BCUT2D eigenvalue weighted by Crippen LogP contribution is 2.32. The summed E-state index contributed by atoms with van der Waals surface area (Å²) in [4.78, 5) is 21.1. The van der Waals surface area contributed by atoms with Gasteiger partial charge in [0, 0.05) is 23.1 Å². The first-order valence-electron chi connectivity index (χ1n) is 9.74. The number of thiophene rings is 1. The van der Waals surface area contributed by atoms with E-state index in [-0.39, 0.29) is 11.7 Å². The van der Waals surface area contributed by atoms with Gasteiger partial charge in [0.1, 0.15) is 10.5 Å². The summed E-state index contributed by atoms with van der Waals surface area (Å²) < 4.78 is 7.05. The Bertz CT molecular complexity index is 1250. The van der Waals surface area contributed by atoms with E-state index in [1.807, 2.05) is 30.3 Å². The highest BCUT2D eigenvalue weighted by molar-refractivity contribution is 8.00. The summed E-state index contributed by atoms with van der Waals surface area (Å²) in [6.07, 6.45) is 2.45. The van der Waals surface area contributed by atoms with Gasteiger partial charge in [0.05, 0.1) is 17.4 Å². The molecule has 0 bridgehead atoms. The monoisotopic (exact) mass is 491 g/mol. The maximum atomic E-state index is 12.6. The molecule has 0 unspecified atom stereocenters. The minimum absolute atomic E-state index is 0.123. The van der Waals surface area contributed by atoms with Crippen LogP contribution in [0, 0.1) is 0 Å². The summed E-state index contributed by atoms with van der Waals surface area (Å²) in [5.41, 5.74) is 1.59. The predicted molar refractivity (Wildman–Crippen MR) is 128 cm³/mol. The van der Waals surface area contributed by atoms with E-state index in [0.29, 0.717) is 26.8 Å². The topological polar surface area (TPSA) is 92.8 Å². The summed E-state index contributed by atoms with van der Waals surface area (Å²) in [5, 5.41) is 13.1. The molecule has 0 aliphatic carbocycles. The van der Waals surface area contributed by atoms with Gasteiger partial charge in [-0.05, 0) is 36.6 Å². The van der Waals surface area contributed by atoms with Crippen molar-refractivity contribution in [1.82, 2.24) is 20.2 Å². The number of nitrogens with one attached hydrogen (secondary N) is 2. The Balaban J connectivity index is 1.26. The predicted octanol–water partition coefficient (Wildman–Crippen LogP) is 5.04. The molecule has 0 saturated carbocycles. The highest BCUT2D eigenvalue weighted by Gasteiger charge is 2.16.